The predicted octanol–water partition coefficient (Wildman–Crippen LogP) is 1.65. The molecule has 0 radical (unpaired) electrons. The number of hydrogen-bond donors (Lipinski definition) is 2. The number of para-hydroxylation sites is 1. The molecule has 0 saturated carbocycles. The van der Waals surface area contributed by atoms with Crippen molar-refractivity contribution >= 4 is 10.9 Å². The minimum absolute atomic E-state index is 0.553. The van der Waals surface area contributed by atoms with Gasteiger partial charge in [0.1, 0.15) is 11.3 Å². The van der Waals surface area contributed by atoms with Gasteiger partial charge >= 0.3 is 0 Å². The third-order valence-corrected chi connectivity index (χ3v) is 3.27. The van der Waals surface area contributed by atoms with Gasteiger partial charge in [0.2, 0.25) is 0 Å². The fraction of sp³-hybridized carbons (Fsp3) is 0.417. The highest BCUT2D eigenvalue weighted by Crippen LogP contribution is 2.31. The summed E-state index contributed by atoms with van der Waals surface area (Å²) in [4.78, 5) is 0. The number of ether oxygens (including phenoxy) is 1. The molecule has 84 valence electrons. The van der Waals surface area contributed by atoms with Gasteiger partial charge in [0.25, 0.3) is 0 Å². The maximum Gasteiger partial charge on any atom is 0.146 e. The molecule has 4 nitrogen and oxygen atoms in total. The van der Waals surface area contributed by atoms with E-state index in [4.69, 9.17) is 4.74 Å². The van der Waals surface area contributed by atoms with Crippen LogP contribution in [0.1, 0.15) is 18.0 Å². The fourth-order valence-electron chi connectivity index (χ4n) is 2.41. The first-order valence-electron chi connectivity index (χ1n) is 5.62. The Bertz CT molecular complexity index is 500. The number of H-pyrrole nitrogens is 1. The van der Waals surface area contributed by atoms with Crippen molar-refractivity contribution in [3.8, 4) is 5.75 Å². The van der Waals surface area contributed by atoms with Crippen LogP contribution in [0.3, 0.4) is 0 Å². The zero-order chi connectivity index (χ0) is 11.0. The second-order valence-corrected chi connectivity index (χ2v) is 4.18. The lowest BCUT2D eigenvalue weighted by molar-refractivity contribution is 0.419. The second-order valence-electron chi connectivity index (χ2n) is 4.18. The Morgan fingerprint density at radius 2 is 2.38 bits per heavy atom. The van der Waals surface area contributed by atoms with E-state index >= 15 is 0 Å². The van der Waals surface area contributed by atoms with E-state index < -0.39 is 0 Å². The van der Waals surface area contributed by atoms with Crippen LogP contribution >= 0.6 is 0 Å². The summed E-state index contributed by atoms with van der Waals surface area (Å²) in [5.41, 5.74) is 2.17. The first kappa shape index (κ1) is 9.66. The van der Waals surface area contributed by atoms with Gasteiger partial charge < -0.3 is 10.1 Å². The van der Waals surface area contributed by atoms with Crippen molar-refractivity contribution in [1.82, 2.24) is 15.5 Å². The average Bonchev–Trinajstić information content (AvgIpc) is 2.96. The van der Waals surface area contributed by atoms with Crippen LogP contribution in [0.2, 0.25) is 0 Å². The second kappa shape index (κ2) is 3.79. The average molecular weight is 217 g/mol. The van der Waals surface area contributed by atoms with E-state index in [0.29, 0.717) is 5.92 Å². The number of methoxy groups -OCH3 is 1. The topological polar surface area (TPSA) is 49.9 Å². The number of aromatic amines is 1. The van der Waals surface area contributed by atoms with Gasteiger partial charge in [0, 0.05) is 23.5 Å². The third kappa shape index (κ3) is 1.38. The van der Waals surface area contributed by atoms with Crippen molar-refractivity contribution in [3.63, 3.8) is 0 Å². The number of rotatable bonds is 2. The highest BCUT2D eigenvalue weighted by molar-refractivity contribution is 5.87. The molecule has 0 amide bonds. The van der Waals surface area contributed by atoms with Crippen molar-refractivity contribution in [1.29, 1.82) is 0 Å². The van der Waals surface area contributed by atoms with E-state index in [0.717, 1.165) is 24.4 Å². The van der Waals surface area contributed by atoms with Gasteiger partial charge in [-0.2, -0.15) is 5.10 Å². The monoisotopic (exact) mass is 217 g/mol. The molecule has 2 aromatic rings. The Labute approximate surface area is 94.0 Å². The molecule has 0 bridgehead atoms. The molecule has 0 spiro atoms. The van der Waals surface area contributed by atoms with E-state index in [9.17, 15) is 0 Å². The van der Waals surface area contributed by atoms with Crippen molar-refractivity contribution in [2.75, 3.05) is 20.2 Å². The molecule has 1 aliphatic rings. The summed E-state index contributed by atoms with van der Waals surface area (Å²) >= 11 is 0. The maximum absolute atomic E-state index is 5.31. The summed E-state index contributed by atoms with van der Waals surface area (Å²) in [5, 5.41) is 12.1. The normalized spacial score (nSPS) is 20.4. The minimum atomic E-state index is 0.553. The first-order chi connectivity index (χ1) is 7.90. The Hall–Kier alpha value is -1.55. The molecule has 0 aliphatic carbocycles. The molecule has 3 rings (SSSR count). The van der Waals surface area contributed by atoms with Gasteiger partial charge in [-0.05, 0) is 19.0 Å². The van der Waals surface area contributed by atoms with Crippen LogP contribution in [0.5, 0.6) is 5.75 Å². The summed E-state index contributed by atoms with van der Waals surface area (Å²) in [6.07, 6.45) is 1.18. The number of nitrogens with zero attached hydrogens (tertiary/aromatic N) is 1. The number of hydrogen-bond acceptors (Lipinski definition) is 3. The van der Waals surface area contributed by atoms with Gasteiger partial charge in [-0.15, -0.1) is 0 Å². The van der Waals surface area contributed by atoms with Crippen LogP contribution < -0.4 is 10.1 Å². The summed E-state index contributed by atoms with van der Waals surface area (Å²) in [7, 11) is 1.68. The van der Waals surface area contributed by atoms with Crippen molar-refractivity contribution in [2.45, 2.75) is 12.3 Å². The molecule has 1 fully saturated rings. The van der Waals surface area contributed by atoms with Crippen molar-refractivity contribution in [3.05, 3.63) is 23.9 Å². The van der Waals surface area contributed by atoms with Crippen molar-refractivity contribution in [2.24, 2.45) is 0 Å². The molecule has 1 atom stereocenters. The molecule has 1 aromatic heterocycles. The third-order valence-electron chi connectivity index (χ3n) is 3.27. The van der Waals surface area contributed by atoms with Crippen LogP contribution in [0, 0.1) is 0 Å². The zero-order valence-electron chi connectivity index (χ0n) is 9.29. The SMILES string of the molecule is COc1cccc2c(C3CCNC3)[nH]nc12. The first-order valence-corrected chi connectivity index (χ1v) is 5.62. The van der Waals surface area contributed by atoms with Crippen LogP contribution in [0.4, 0.5) is 0 Å². The van der Waals surface area contributed by atoms with Crippen LogP contribution in [-0.2, 0) is 0 Å². The minimum Gasteiger partial charge on any atom is -0.494 e. The predicted molar refractivity (Wildman–Crippen MR) is 62.9 cm³/mol. The summed E-state index contributed by atoms with van der Waals surface area (Å²) in [6, 6.07) is 6.07. The molecule has 2 heterocycles. The summed E-state index contributed by atoms with van der Waals surface area (Å²) in [5.74, 6) is 1.39. The number of nitrogens with one attached hydrogen (secondary N) is 2. The van der Waals surface area contributed by atoms with E-state index in [1.54, 1.807) is 7.11 Å². The number of benzene rings is 1. The van der Waals surface area contributed by atoms with Gasteiger partial charge in [-0.25, -0.2) is 0 Å². The van der Waals surface area contributed by atoms with Crippen LogP contribution in [0.15, 0.2) is 18.2 Å². The van der Waals surface area contributed by atoms with E-state index in [-0.39, 0.29) is 0 Å². The molecule has 16 heavy (non-hydrogen) atoms. The standard InChI is InChI=1S/C12H15N3O/c1-16-10-4-2-3-9-11(14-15-12(9)10)8-5-6-13-7-8/h2-4,8,13H,5-7H2,1H3,(H,14,15). The molecule has 1 aromatic carbocycles. The molecule has 1 unspecified atom stereocenters. The highest BCUT2D eigenvalue weighted by Gasteiger charge is 2.21. The maximum atomic E-state index is 5.31. The van der Waals surface area contributed by atoms with Gasteiger partial charge in [-0.3, -0.25) is 5.10 Å². The summed E-state index contributed by atoms with van der Waals surface area (Å²) in [6.45, 7) is 2.13. The molecular weight excluding hydrogens is 202 g/mol. The van der Waals surface area contributed by atoms with Crippen LogP contribution in [-0.4, -0.2) is 30.4 Å². The van der Waals surface area contributed by atoms with Gasteiger partial charge in [-0.1, -0.05) is 12.1 Å². The lowest BCUT2D eigenvalue weighted by atomic mass is 10.0. The lowest BCUT2D eigenvalue weighted by Gasteiger charge is -2.05. The summed E-state index contributed by atoms with van der Waals surface area (Å²) < 4.78 is 5.31. The molecule has 1 aliphatic heterocycles. The van der Waals surface area contributed by atoms with E-state index in [1.807, 2.05) is 12.1 Å². The smallest absolute Gasteiger partial charge is 0.146 e. The quantitative estimate of drug-likeness (QED) is 0.804. The number of fused-ring (bicyclic) bond motifs is 1. The highest BCUT2D eigenvalue weighted by atomic mass is 16.5. The molecule has 4 heteroatoms. The van der Waals surface area contributed by atoms with E-state index in [2.05, 4.69) is 21.6 Å². The lowest BCUT2D eigenvalue weighted by Crippen LogP contribution is -2.08. The Morgan fingerprint density at radius 3 is 3.12 bits per heavy atom. The molecular formula is C12H15N3O. The molecule has 2 N–H and O–H groups in total. The van der Waals surface area contributed by atoms with Crippen LogP contribution in [0.25, 0.3) is 10.9 Å². The number of aromatic nitrogens is 2. The molecule has 1 saturated heterocycles. The van der Waals surface area contributed by atoms with Gasteiger partial charge in [0.15, 0.2) is 0 Å². The Kier molecular flexibility index (Phi) is 2.29. The Balaban J connectivity index is 2.12. The van der Waals surface area contributed by atoms with E-state index in [1.165, 1.54) is 17.5 Å². The zero-order valence-corrected chi connectivity index (χ0v) is 9.29. The Morgan fingerprint density at radius 1 is 1.44 bits per heavy atom. The van der Waals surface area contributed by atoms with Crippen molar-refractivity contribution < 1.29 is 4.74 Å². The largest absolute Gasteiger partial charge is 0.494 e. The van der Waals surface area contributed by atoms with Gasteiger partial charge in [0.05, 0.1) is 7.11 Å². The fourth-order valence-corrected chi connectivity index (χ4v) is 2.41.